The number of nitrogens with zero attached hydrogens (tertiary/aromatic N) is 4. The molecule has 21 heavy (non-hydrogen) atoms. The number of halogens is 3. The molecule has 0 fully saturated rings. The Bertz CT molecular complexity index is 660. The molecule has 1 N–H and O–H groups in total. The molecule has 0 saturated heterocycles. The number of nitriles is 3. The standard InChI is InChI=1S/C12H6F3N5O/c13-12(14,15)7-21-11-2-1-9(3-8(11)4-16)19-20-10(5-17)6-18/h1-3,19H,7H2. The number of hydrazone groups is 1. The summed E-state index contributed by atoms with van der Waals surface area (Å²) in [6, 6.07) is 8.33. The number of anilines is 1. The summed E-state index contributed by atoms with van der Waals surface area (Å²) in [5.41, 5.74) is 1.97. The minimum atomic E-state index is -4.51. The maximum atomic E-state index is 12.0. The molecular formula is C12H6F3N5O. The predicted octanol–water partition coefficient (Wildman–Crippen LogP) is 2.31. The molecular weight excluding hydrogens is 287 g/mol. The van der Waals surface area contributed by atoms with Crippen molar-refractivity contribution in [3.05, 3.63) is 23.8 Å². The quantitative estimate of drug-likeness (QED) is 0.677. The van der Waals surface area contributed by atoms with Crippen LogP contribution in [0.4, 0.5) is 18.9 Å². The molecule has 1 aromatic carbocycles. The predicted molar refractivity (Wildman–Crippen MR) is 65.0 cm³/mol. The fourth-order valence-corrected chi connectivity index (χ4v) is 1.17. The summed E-state index contributed by atoms with van der Waals surface area (Å²) in [6.45, 7) is -1.51. The van der Waals surface area contributed by atoms with Gasteiger partial charge in [-0.3, -0.25) is 5.43 Å². The topological polar surface area (TPSA) is 105 Å². The van der Waals surface area contributed by atoms with Crippen molar-refractivity contribution >= 4 is 11.4 Å². The Kier molecular flexibility index (Phi) is 5.11. The van der Waals surface area contributed by atoms with Gasteiger partial charge in [-0.15, -0.1) is 0 Å². The SMILES string of the molecule is N#CC(C#N)=NNc1ccc(OCC(F)(F)F)c(C#N)c1. The average molecular weight is 293 g/mol. The summed E-state index contributed by atoms with van der Waals surface area (Å²) in [6.07, 6.45) is -4.51. The van der Waals surface area contributed by atoms with E-state index in [0.29, 0.717) is 0 Å². The van der Waals surface area contributed by atoms with Crippen LogP contribution in [-0.4, -0.2) is 18.5 Å². The lowest BCUT2D eigenvalue weighted by molar-refractivity contribution is -0.153. The minimum Gasteiger partial charge on any atom is -0.483 e. The molecule has 0 amide bonds. The Balaban J connectivity index is 2.90. The van der Waals surface area contributed by atoms with E-state index in [9.17, 15) is 13.2 Å². The first-order valence-electron chi connectivity index (χ1n) is 5.27. The van der Waals surface area contributed by atoms with E-state index < -0.39 is 18.5 Å². The Hall–Kier alpha value is -3.25. The molecule has 0 saturated carbocycles. The number of ether oxygens (including phenoxy) is 1. The first-order chi connectivity index (χ1) is 9.89. The molecule has 0 heterocycles. The first-order valence-corrected chi connectivity index (χ1v) is 5.27. The normalized spacial score (nSPS) is 9.71. The number of hydrogen-bond donors (Lipinski definition) is 1. The van der Waals surface area contributed by atoms with Crippen molar-refractivity contribution in [2.24, 2.45) is 5.10 Å². The second-order valence-corrected chi connectivity index (χ2v) is 3.52. The summed E-state index contributed by atoms with van der Waals surface area (Å²) in [5, 5.41) is 29.2. The highest BCUT2D eigenvalue weighted by molar-refractivity contribution is 6.10. The van der Waals surface area contributed by atoms with Gasteiger partial charge in [-0.1, -0.05) is 0 Å². The van der Waals surface area contributed by atoms with Gasteiger partial charge in [-0.05, 0) is 18.2 Å². The number of benzene rings is 1. The average Bonchev–Trinajstić information content (AvgIpc) is 2.45. The number of nitrogens with one attached hydrogen (secondary N) is 1. The van der Waals surface area contributed by atoms with Gasteiger partial charge in [0.05, 0.1) is 11.3 Å². The van der Waals surface area contributed by atoms with Gasteiger partial charge in [0.15, 0.2) is 6.61 Å². The van der Waals surface area contributed by atoms with Gasteiger partial charge < -0.3 is 4.74 Å². The monoisotopic (exact) mass is 293 g/mol. The lowest BCUT2D eigenvalue weighted by Crippen LogP contribution is -2.19. The van der Waals surface area contributed by atoms with Gasteiger partial charge in [0.1, 0.15) is 24.0 Å². The number of rotatable bonds is 4. The van der Waals surface area contributed by atoms with Crippen molar-refractivity contribution < 1.29 is 17.9 Å². The zero-order chi connectivity index (χ0) is 15.9. The van der Waals surface area contributed by atoms with Crippen LogP contribution in [0.2, 0.25) is 0 Å². The summed E-state index contributed by atoms with van der Waals surface area (Å²) in [7, 11) is 0. The van der Waals surface area contributed by atoms with E-state index in [1.54, 1.807) is 6.07 Å². The van der Waals surface area contributed by atoms with E-state index >= 15 is 0 Å². The first kappa shape index (κ1) is 15.8. The Morgan fingerprint density at radius 2 is 1.90 bits per heavy atom. The van der Waals surface area contributed by atoms with Crippen LogP contribution < -0.4 is 10.2 Å². The smallest absolute Gasteiger partial charge is 0.422 e. The van der Waals surface area contributed by atoms with Crippen molar-refractivity contribution in [1.29, 1.82) is 15.8 Å². The summed E-state index contributed by atoms with van der Waals surface area (Å²) < 4.78 is 40.6. The van der Waals surface area contributed by atoms with Crippen molar-refractivity contribution in [3.63, 3.8) is 0 Å². The van der Waals surface area contributed by atoms with Crippen molar-refractivity contribution in [3.8, 4) is 24.0 Å². The van der Waals surface area contributed by atoms with Gasteiger partial charge in [-0.25, -0.2) is 0 Å². The molecule has 1 rings (SSSR count). The van der Waals surface area contributed by atoms with Crippen LogP contribution in [-0.2, 0) is 0 Å². The third kappa shape index (κ3) is 5.09. The second-order valence-electron chi connectivity index (χ2n) is 3.52. The number of alkyl halides is 3. The van der Waals surface area contributed by atoms with Gasteiger partial charge in [-0.2, -0.15) is 34.1 Å². The molecule has 0 radical (unpaired) electrons. The molecule has 0 aliphatic rings. The highest BCUT2D eigenvalue weighted by atomic mass is 19.4. The maximum Gasteiger partial charge on any atom is 0.422 e. The molecule has 0 aromatic heterocycles. The molecule has 106 valence electrons. The van der Waals surface area contributed by atoms with Crippen LogP contribution in [0.15, 0.2) is 23.3 Å². The molecule has 9 heteroatoms. The number of hydrogen-bond acceptors (Lipinski definition) is 6. The van der Waals surface area contributed by atoms with E-state index in [4.69, 9.17) is 15.8 Å². The van der Waals surface area contributed by atoms with Crippen molar-refractivity contribution in [1.82, 2.24) is 0 Å². The Morgan fingerprint density at radius 3 is 2.43 bits per heavy atom. The highest BCUT2D eigenvalue weighted by Crippen LogP contribution is 2.24. The zero-order valence-corrected chi connectivity index (χ0v) is 10.3. The Morgan fingerprint density at radius 1 is 1.24 bits per heavy atom. The van der Waals surface area contributed by atoms with Crippen LogP contribution in [0.1, 0.15) is 5.56 Å². The van der Waals surface area contributed by atoms with Crippen LogP contribution in [0, 0.1) is 34.0 Å². The molecule has 6 nitrogen and oxygen atoms in total. The second kappa shape index (κ2) is 6.78. The van der Waals surface area contributed by atoms with Gasteiger partial charge in [0, 0.05) is 0 Å². The molecule has 0 spiro atoms. The third-order valence-electron chi connectivity index (χ3n) is 2.00. The van der Waals surface area contributed by atoms with E-state index in [1.807, 2.05) is 0 Å². The molecule has 0 atom stereocenters. The summed E-state index contributed by atoms with van der Waals surface area (Å²) in [4.78, 5) is 0. The van der Waals surface area contributed by atoms with Crippen molar-refractivity contribution in [2.75, 3.05) is 12.0 Å². The van der Waals surface area contributed by atoms with Gasteiger partial charge in [0.2, 0.25) is 5.71 Å². The van der Waals surface area contributed by atoms with Gasteiger partial charge >= 0.3 is 6.18 Å². The van der Waals surface area contributed by atoms with Gasteiger partial charge in [0.25, 0.3) is 0 Å². The Labute approximate surface area is 117 Å². The summed E-state index contributed by atoms with van der Waals surface area (Å²) >= 11 is 0. The molecule has 0 unspecified atom stereocenters. The molecule has 0 bridgehead atoms. The fraction of sp³-hybridized carbons (Fsp3) is 0.167. The zero-order valence-electron chi connectivity index (χ0n) is 10.3. The summed E-state index contributed by atoms with van der Waals surface area (Å²) in [5.74, 6) is -0.231. The van der Waals surface area contributed by atoms with Crippen LogP contribution in [0.25, 0.3) is 0 Å². The van der Waals surface area contributed by atoms with E-state index in [-0.39, 0.29) is 17.0 Å². The molecule has 1 aromatic rings. The maximum absolute atomic E-state index is 12.0. The third-order valence-corrected chi connectivity index (χ3v) is 2.00. The lowest BCUT2D eigenvalue weighted by atomic mass is 10.2. The largest absolute Gasteiger partial charge is 0.483 e. The molecule has 0 aliphatic heterocycles. The van der Waals surface area contributed by atoms with Crippen molar-refractivity contribution in [2.45, 2.75) is 6.18 Å². The minimum absolute atomic E-state index is 0.144. The lowest BCUT2D eigenvalue weighted by Gasteiger charge is -2.11. The van der Waals surface area contributed by atoms with E-state index in [0.717, 1.165) is 6.07 Å². The highest BCUT2D eigenvalue weighted by Gasteiger charge is 2.28. The van der Waals surface area contributed by atoms with Crippen LogP contribution in [0.3, 0.4) is 0 Å². The van der Waals surface area contributed by atoms with Crippen LogP contribution in [0.5, 0.6) is 5.75 Å². The van der Waals surface area contributed by atoms with E-state index in [2.05, 4.69) is 15.3 Å². The van der Waals surface area contributed by atoms with E-state index in [1.165, 1.54) is 24.3 Å². The fourth-order valence-electron chi connectivity index (χ4n) is 1.17. The van der Waals surface area contributed by atoms with Crippen LogP contribution >= 0.6 is 0 Å². The molecule has 0 aliphatic carbocycles.